The van der Waals surface area contributed by atoms with Gasteiger partial charge in [-0.25, -0.2) is 13.4 Å². The average molecular weight is 574 g/mol. The molecule has 0 radical (unpaired) electrons. The van der Waals surface area contributed by atoms with Crippen molar-refractivity contribution in [3.05, 3.63) is 30.1 Å². The Balaban J connectivity index is 0.00000341. The third-order valence-corrected chi connectivity index (χ3v) is 6.75. The van der Waals surface area contributed by atoms with Crippen molar-refractivity contribution in [2.45, 2.75) is 37.9 Å². The number of alkyl halides is 3. The first-order valence-electron chi connectivity index (χ1n) is 9.59. The SMILES string of the molecule is CN=C(NCCn1c(C)nc2ccccc21)NC1CCN(S(=O)(=O)C(F)(F)F)CC1.I. The zero-order chi connectivity index (χ0) is 21.9. The van der Waals surface area contributed by atoms with E-state index in [2.05, 4.69) is 25.2 Å². The fourth-order valence-corrected chi connectivity index (χ4v) is 4.52. The number of aliphatic imine (C=N–C) groups is 1. The first-order chi connectivity index (χ1) is 14.1. The van der Waals surface area contributed by atoms with Gasteiger partial charge in [-0.1, -0.05) is 12.1 Å². The smallest absolute Gasteiger partial charge is 0.355 e. The number of nitrogens with zero attached hydrogens (tertiary/aromatic N) is 4. The maximum atomic E-state index is 12.7. The van der Waals surface area contributed by atoms with Crippen LogP contribution in [0, 0.1) is 6.92 Å². The van der Waals surface area contributed by atoms with Gasteiger partial charge in [-0.2, -0.15) is 17.5 Å². The predicted octanol–water partition coefficient (Wildman–Crippen LogP) is 2.44. The van der Waals surface area contributed by atoms with Gasteiger partial charge in [0.05, 0.1) is 11.0 Å². The van der Waals surface area contributed by atoms with Gasteiger partial charge < -0.3 is 15.2 Å². The maximum Gasteiger partial charge on any atom is 0.511 e. The summed E-state index contributed by atoms with van der Waals surface area (Å²) in [5.74, 6) is 1.42. The highest BCUT2D eigenvalue weighted by Crippen LogP contribution is 2.28. The molecule has 0 spiro atoms. The van der Waals surface area contributed by atoms with Crippen LogP contribution < -0.4 is 10.6 Å². The van der Waals surface area contributed by atoms with Crippen molar-refractivity contribution >= 4 is 51.0 Å². The van der Waals surface area contributed by atoms with Gasteiger partial charge in [0.1, 0.15) is 5.82 Å². The number of imidazole rings is 1. The molecular formula is C18H26F3IN6O2S. The first-order valence-corrected chi connectivity index (χ1v) is 11.0. The van der Waals surface area contributed by atoms with E-state index in [-0.39, 0.29) is 55.9 Å². The largest absolute Gasteiger partial charge is 0.511 e. The molecule has 0 amide bonds. The van der Waals surface area contributed by atoms with Crippen LogP contribution >= 0.6 is 24.0 Å². The fraction of sp³-hybridized carbons (Fsp3) is 0.556. The zero-order valence-electron chi connectivity index (χ0n) is 17.2. The zero-order valence-corrected chi connectivity index (χ0v) is 20.3. The predicted molar refractivity (Wildman–Crippen MR) is 124 cm³/mol. The molecule has 1 aromatic carbocycles. The molecule has 8 nitrogen and oxygen atoms in total. The molecule has 1 saturated heterocycles. The molecule has 31 heavy (non-hydrogen) atoms. The van der Waals surface area contributed by atoms with E-state index in [1.54, 1.807) is 7.05 Å². The third kappa shape index (κ3) is 5.80. The lowest BCUT2D eigenvalue weighted by atomic mass is 10.1. The Morgan fingerprint density at radius 3 is 2.52 bits per heavy atom. The number of para-hydroxylation sites is 2. The topological polar surface area (TPSA) is 91.6 Å². The minimum absolute atomic E-state index is 0. The van der Waals surface area contributed by atoms with Gasteiger partial charge in [-0.15, -0.1) is 24.0 Å². The molecule has 2 aromatic rings. The van der Waals surface area contributed by atoms with Crippen LogP contribution in [-0.4, -0.2) is 66.5 Å². The molecule has 0 bridgehead atoms. The number of hydrogen-bond acceptors (Lipinski definition) is 4. The molecule has 1 aliphatic rings. The molecular weight excluding hydrogens is 548 g/mol. The molecule has 2 heterocycles. The molecule has 174 valence electrons. The summed E-state index contributed by atoms with van der Waals surface area (Å²) in [5.41, 5.74) is -3.29. The van der Waals surface area contributed by atoms with E-state index < -0.39 is 15.5 Å². The average Bonchev–Trinajstić information content (AvgIpc) is 3.02. The van der Waals surface area contributed by atoms with Crippen molar-refractivity contribution < 1.29 is 21.6 Å². The van der Waals surface area contributed by atoms with Crippen molar-refractivity contribution in [3.63, 3.8) is 0 Å². The van der Waals surface area contributed by atoms with E-state index in [0.29, 0.717) is 23.4 Å². The Bertz CT molecular complexity index is 1020. The number of rotatable bonds is 5. The number of sulfonamides is 1. The number of aryl methyl sites for hydroxylation is 1. The van der Waals surface area contributed by atoms with E-state index in [1.165, 1.54) is 0 Å². The molecule has 0 atom stereocenters. The Kier molecular flexibility index (Phi) is 8.55. The molecule has 1 aromatic heterocycles. The summed E-state index contributed by atoms with van der Waals surface area (Å²) in [6.07, 6.45) is 0.530. The summed E-state index contributed by atoms with van der Waals surface area (Å²) in [7, 11) is -3.66. The Hall–Kier alpha value is -1.61. The van der Waals surface area contributed by atoms with E-state index in [4.69, 9.17) is 0 Å². The highest BCUT2D eigenvalue weighted by atomic mass is 127. The van der Waals surface area contributed by atoms with Crippen LogP contribution in [-0.2, 0) is 16.6 Å². The number of piperidine rings is 1. The van der Waals surface area contributed by atoms with Crippen LogP contribution in [0.4, 0.5) is 13.2 Å². The number of halogens is 4. The molecule has 1 fully saturated rings. The standard InChI is InChI=1S/C18H25F3N6O2S.HI/c1-13-24-15-5-3-4-6-16(15)27(13)12-9-23-17(22-2)25-14-7-10-26(11-8-14)30(28,29)18(19,20)21;/h3-6,14H,7-12H2,1-2H3,(H2,22,23,25);1H. The number of nitrogens with one attached hydrogen (secondary N) is 2. The molecule has 1 aliphatic heterocycles. The van der Waals surface area contributed by atoms with Crippen LogP contribution in [0.3, 0.4) is 0 Å². The van der Waals surface area contributed by atoms with Crippen molar-refractivity contribution in [3.8, 4) is 0 Å². The maximum absolute atomic E-state index is 12.7. The quantitative estimate of drug-likeness (QED) is 0.326. The highest BCUT2D eigenvalue weighted by molar-refractivity contribution is 14.0. The van der Waals surface area contributed by atoms with Gasteiger partial charge in [0.2, 0.25) is 0 Å². The summed E-state index contributed by atoms with van der Waals surface area (Å²) in [4.78, 5) is 8.67. The molecule has 13 heteroatoms. The number of hydrogen-bond donors (Lipinski definition) is 2. The normalized spacial score (nSPS) is 16.9. The van der Waals surface area contributed by atoms with Crippen molar-refractivity contribution in [1.29, 1.82) is 0 Å². The van der Waals surface area contributed by atoms with Crippen LogP contribution in [0.5, 0.6) is 0 Å². The van der Waals surface area contributed by atoms with Gasteiger partial charge >= 0.3 is 15.5 Å². The van der Waals surface area contributed by atoms with Gasteiger partial charge in [-0.3, -0.25) is 4.99 Å². The minimum atomic E-state index is -5.27. The molecule has 3 rings (SSSR count). The number of benzene rings is 1. The highest BCUT2D eigenvalue weighted by Gasteiger charge is 2.50. The fourth-order valence-electron chi connectivity index (χ4n) is 3.54. The molecule has 0 unspecified atom stereocenters. The van der Waals surface area contributed by atoms with E-state index in [1.807, 2.05) is 31.2 Å². The van der Waals surface area contributed by atoms with E-state index >= 15 is 0 Å². The summed E-state index contributed by atoms with van der Waals surface area (Å²) < 4.78 is 63.6. The van der Waals surface area contributed by atoms with Gasteiger partial charge in [-0.05, 0) is 31.9 Å². The second kappa shape index (κ2) is 10.3. The van der Waals surface area contributed by atoms with Gasteiger partial charge in [0, 0.05) is 39.3 Å². The second-order valence-corrected chi connectivity index (χ2v) is 9.00. The lowest BCUT2D eigenvalue weighted by molar-refractivity contribution is -0.0494. The second-order valence-electron chi connectivity index (χ2n) is 7.07. The number of aromatic nitrogens is 2. The summed E-state index contributed by atoms with van der Waals surface area (Å²) in [5, 5.41) is 6.35. The molecule has 0 saturated carbocycles. The lowest BCUT2D eigenvalue weighted by Gasteiger charge is -2.32. The first kappa shape index (κ1) is 25.6. The molecule has 2 N–H and O–H groups in total. The van der Waals surface area contributed by atoms with Gasteiger partial charge in [0.15, 0.2) is 5.96 Å². The Morgan fingerprint density at radius 2 is 1.90 bits per heavy atom. The monoisotopic (exact) mass is 574 g/mol. The van der Waals surface area contributed by atoms with Gasteiger partial charge in [0.25, 0.3) is 0 Å². The lowest BCUT2D eigenvalue weighted by Crippen LogP contribution is -2.51. The summed E-state index contributed by atoms with van der Waals surface area (Å²) in [6.45, 7) is 2.81. The number of guanidine groups is 1. The van der Waals surface area contributed by atoms with Crippen molar-refractivity contribution in [1.82, 2.24) is 24.5 Å². The minimum Gasteiger partial charge on any atom is -0.355 e. The van der Waals surface area contributed by atoms with Crippen LogP contribution in [0.25, 0.3) is 11.0 Å². The van der Waals surface area contributed by atoms with Crippen molar-refractivity contribution in [2.75, 3.05) is 26.7 Å². The van der Waals surface area contributed by atoms with Crippen LogP contribution in [0.2, 0.25) is 0 Å². The Morgan fingerprint density at radius 1 is 1.26 bits per heavy atom. The van der Waals surface area contributed by atoms with E-state index in [0.717, 1.165) is 16.9 Å². The van der Waals surface area contributed by atoms with Crippen molar-refractivity contribution in [2.24, 2.45) is 4.99 Å². The summed E-state index contributed by atoms with van der Waals surface area (Å²) in [6, 6.07) is 7.70. The van der Waals surface area contributed by atoms with Crippen LogP contribution in [0.1, 0.15) is 18.7 Å². The Labute approximate surface area is 196 Å². The van der Waals surface area contributed by atoms with Crippen LogP contribution in [0.15, 0.2) is 29.3 Å². The summed E-state index contributed by atoms with van der Waals surface area (Å²) >= 11 is 0. The third-order valence-electron chi connectivity index (χ3n) is 5.12. The number of fused-ring (bicyclic) bond motifs is 1. The molecule has 0 aliphatic carbocycles. The van der Waals surface area contributed by atoms with E-state index in [9.17, 15) is 21.6 Å².